The van der Waals surface area contributed by atoms with Crippen LogP contribution < -0.4 is 0 Å². The summed E-state index contributed by atoms with van der Waals surface area (Å²) < 4.78 is 5.31. The predicted octanol–water partition coefficient (Wildman–Crippen LogP) is 2.39. The number of aliphatic carboxylic acids is 1. The van der Waals surface area contributed by atoms with Crippen molar-refractivity contribution in [2.75, 3.05) is 0 Å². The molecular weight excluding hydrogens is 208 g/mol. The number of carbonyl (C=O) groups excluding carboxylic acids is 1. The molecule has 16 heavy (non-hydrogen) atoms. The van der Waals surface area contributed by atoms with Gasteiger partial charge in [-0.2, -0.15) is 0 Å². The number of carboxylic acid groups (broad SMARTS) is 1. The molecule has 0 aliphatic carbocycles. The van der Waals surface area contributed by atoms with Crippen LogP contribution >= 0.6 is 0 Å². The van der Waals surface area contributed by atoms with Gasteiger partial charge in [0, 0.05) is 17.6 Å². The molecule has 0 aromatic heterocycles. The number of ether oxygens (including phenoxy) is 1. The summed E-state index contributed by atoms with van der Waals surface area (Å²) in [5, 5.41) is 8.38. The van der Waals surface area contributed by atoms with Crippen molar-refractivity contribution in [3.05, 3.63) is 12.2 Å². The van der Waals surface area contributed by atoms with E-state index in [9.17, 15) is 9.59 Å². The van der Waals surface area contributed by atoms with E-state index in [1.807, 2.05) is 34.6 Å². The average Bonchev–Trinajstić information content (AvgIpc) is 2.12. The largest absolute Gasteiger partial charge is 0.478 e. The number of esters is 1. The topological polar surface area (TPSA) is 63.6 Å². The van der Waals surface area contributed by atoms with Crippen LogP contribution in [0.2, 0.25) is 0 Å². The fraction of sp³-hybridized carbons (Fsp3) is 0.667. The molecule has 1 atom stereocenters. The molecule has 0 spiro atoms. The summed E-state index contributed by atoms with van der Waals surface area (Å²) in [6.45, 7) is 9.71. The van der Waals surface area contributed by atoms with E-state index in [0.717, 1.165) is 12.2 Å². The van der Waals surface area contributed by atoms with Crippen molar-refractivity contribution in [3.63, 3.8) is 0 Å². The van der Waals surface area contributed by atoms with E-state index in [1.54, 1.807) is 0 Å². The molecule has 92 valence electrons. The van der Waals surface area contributed by atoms with Gasteiger partial charge >= 0.3 is 11.9 Å². The van der Waals surface area contributed by atoms with Gasteiger partial charge in [-0.1, -0.05) is 27.7 Å². The van der Waals surface area contributed by atoms with Crippen LogP contribution in [0.15, 0.2) is 12.2 Å². The van der Waals surface area contributed by atoms with Crippen LogP contribution in [0.5, 0.6) is 0 Å². The Morgan fingerprint density at radius 1 is 1.19 bits per heavy atom. The summed E-state index contributed by atoms with van der Waals surface area (Å²) in [5.74, 6) is -1.78. The fourth-order valence-electron chi connectivity index (χ4n) is 1.15. The summed E-state index contributed by atoms with van der Waals surface area (Å²) in [7, 11) is 0. The first-order valence-electron chi connectivity index (χ1n) is 5.26. The molecule has 0 fully saturated rings. The maximum absolute atomic E-state index is 11.4. The van der Waals surface area contributed by atoms with Crippen molar-refractivity contribution >= 4 is 11.9 Å². The van der Waals surface area contributed by atoms with E-state index >= 15 is 0 Å². The summed E-state index contributed by atoms with van der Waals surface area (Å²) >= 11 is 0. The Morgan fingerprint density at radius 3 is 2.00 bits per heavy atom. The van der Waals surface area contributed by atoms with Gasteiger partial charge in [0.25, 0.3) is 0 Å². The van der Waals surface area contributed by atoms with Crippen molar-refractivity contribution < 1.29 is 19.4 Å². The summed E-state index contributed by atoms with van der Waals surface area (Å²) in [5.41, 5.74) is -0.804. The summed E-state index contributed by atoms with van der Waals surface area (Å²) in [4.78, 5) is 21.6. The molecule has 0 bridgehead atoms. The van der Waals surface area contributed by atoms with Crippen LogP contribution in [0.4, 0.5) is 0 Å². The second-order valence-corrected chi connectivity index (χ2v) is 4.93. The number of rotatable bonds is 4. The van der Waals surface area contributed by atoms with Crippen LogP contribution in [-0.4, -0.2) is 22.6 Å². The van der Waals surface area contributed by atoms with E-state index in [2.05, 4.69) is 0 Å². The number of hydrogen-bond acceptors (Lipinski definition) is 3. The molecule has 0 amide bonds. The standard InChI is InChI=1S/C12H20O4/c1-6-12(5,11(2,3)4)16-10(15)8-7-9(13)14/h7-8H,6H2,1-5H3,(H,13,14)/b8-7+. The zero-order valence-electron chi connectivity index (χ0n) is 10.5. The van der Waals surface area contributed by atoms with E-state index in [0.29, 0.717) is 6.42 Å². The highest BCUT2D eigenvalue weighted by Crippen LogP contribution is 2.36. The summed E-state index contributed by atoms with van der Waals surface area (Å²) in [6.07, 6.45) is 2.38. The van der Waals surface area contributed by atoms with Crippen molar-refractivity contribution in [1.82, 2.24) is 0 Å². The van der Waals surface area contributed by atoms with Gasteiger partial charge in [0.15, 0.2) is 0 Å². The third-order valence-electron chi connectivity index (χ3n) is 2.95. The second kappa shape index (κ2) is 5.14. The van der Waals surface area contributed by atoms with E-state index in [1.165, 1.54) is 0 Å². The zero-order chi connectivity index (χ0) is 13.0. The lowest BCUT2D eigenvalue weighted by atomic mass is 9.76. The molecule has 1 N–H and O–H groups in total. The monoisotopic (exact) mass is 228 g/mol. The lowest BCUT2D eigenvalue weighted by molar-refractivity contribution is -0.164. The van der Waals surface area contributed by atoms with E-state index in [-0.39, 0.29) is 5.41 Å². The van der Waals surface area contributed by atoms with Crippen molar-refractivity contribution in [2.24, 2.45) is 5.41 Å². The summed E-state index contributed by atoms with van der Waals surface area (Å²) in [6, 6.07) is 0. The molecular formula is C12H20O4. The minimum atomic E-state index is -1.16. The number of carbonyl (C=O) groups is 2. The van der Waals surface area contributed by atoms with Crippen LogP contribution in [0.3, 0.4) is 0 Å². The Bertz CT molecular complexity index is 299. The first kappa shape index (κ1) is 14.7. The average molecular weight is 228 g/mol. The predicted molar refractivity (Wildman–Crippen MR) is 61.0 cm³/mol. The van der Waals surface area contributed by atoms with Gasteiger partial charge in [-0.05, 0) is 13.3 Å². The van der Waals surface area contributed by atoms with Gasteiger partial charge in [0.1, 0.15) is 5.60 Å². The van der Waals surface area contributed by atoms with E-state index in [4.69, 9.17) is 9.84 Å². The van der Waals surface area contributed by atoms with Crippen LogP contribution in [0, 0.1) is 5.41 Å². The van der Waals surface area contributed by atoms with Crippen LogP contribution in [0.25, 0.3) is 0 Å². The SMILES string of the molecule is CCC(C)(OC(=O)/C=C/C(=O)O)C(C)(C)C. The minimum absolute atomic E-state index is 0.200. The highest BCUT2D eigenvalue weighted by Gasteiger charge is 2.39. The molecule has 0 aromatic rings. The van der Waals surface area contributed by atoms with Crippen molar-refractivity contribution in [2.45, 2.75) is 46.6 Å². The molecule has 0 saturated heterocycles. The quantitative estimate of drug-likeness (QED) is 0.592. The molecule has 0 aromatic carbocycles. The molecule has 0 heterocycles. The van der Waals surface area contributed by atoms with Gasteiger partial charge in [-0.25, -0.2) is 9.59 Å². The van der Waals surface area contributed by atoms with Crippen molar-refractivity contribution in [3.8, 4) is 0 Å². The molecule has 0 aliphatic rings. The molecule has 0 aliphatic heterocycles. The zero-order valence-corrected chi connectivity index (χ0v) is 10.5. The molecule has 0 radical (unpaired) electrons. The van der Waals surface area contributed by atoms with Gasteiger partial charge in [-0.15, -0.1) is 0 Å². The lowest BCUT2D eigenvalue weighted by Crippen LogP contribution is -2.43. The normalized spacial score (nSPS) is 15.8. The molecule has 4 heteroatoms. The smallest absolute Gasteiger partial charge is 0.331 e. The number of hydrogen-bond donors (Lipinski definition) is 1. The van der Waals surface area contributed by atoms with Crippen LogP contribution in [-0.2, 0) is 14.3 Å². The fourth-order valence-corrected chi connectivity index (χ4v) is 1.15. The Hall–Kier alpha value is -1.32. The maximum Gasteiger partial charge on any atom is 0.331 e. The highest BCUT2D eigenvalue weighted by molar-refractivity contribution is 5.90. The maximum atomic E-state index is 11.4. The Morgan fingerprint density at radius 2 is 1.69 bits per heavy atom. The Kier molecular flexibility index (Phi) is 4.72. The number of carboxylic acids is 1. The second-order valence-electron chi connectivity index (χ2n) is 4.93. The Labute approximate surface area is 96.3 Å². The Balaban J connectivity index is 4.69. The van der Waals surface area contributed by atoms with Crippen LogP contribution in [0.1, 0.15) is 41.0 Å². The van der Waals surface area contributed by atoms with Gasteiger partial charge < -0.3 is 9.84 Å². The first-order valence-corrected chi connectivity index (χ1v) is 5.26. The molecule has 4 nitrogen and oxygen atoms in total. The van der Waals surface area contributed by atoms with E-state index < -0.39 is 17.5 Å². The van der Waals surface area contributed by atoms with Gasteiger partial charge in [-0.3, -0.25) is 0 Å². The third kappa shape index (κ3) is 4.04. The molecule has 0 rings (SSSR count). The molecule has 1 unspecified atom stereocenters. The minimum Gasteiger partial charge on any atom is -0.478 e. The third-order valence-corrected chi connectivity index (χ3v) is 2.95. The van der Waals surface area contributed by atoms with Gasteiger partial charge in [0.2, 0.25) is 0 Å². The lowest BCUT2D eigenvalue weighted by Gasteiger charge is -2.40. The molecule has 0 saturated carbocycles. The van der Waals surface area contributed by atoms with Gasteiger partial charge in [0.05, 0.1) is 0 Å². The highest BCUT2D eigenvalue weighted by atomic mass is 16.6. The first-order chi connectivity index (χ1) is 7.12. The van der Waals surface area contributed by atoms with Crippen molar-refractivity contribution in [1.29, 1.82) is 0 Å².